The van der Waals surface area contributed by atoms with Gasteiger partial charge < -0.3 is 79.3 Å². The van der Waals surface area contributed by atoms with Gasteiger partial charge in [0.05, 0.1) is 0 Å². The topological polar surface area (TPSA) is 275 Å². The summed E-state index contributed by atoms with van der Waals surface area (Å²) >= 11 is 0. The van der Waals surface area contributed by atoms with E-state index in [1.54, 1.807) is 72.8 Å². The minimum Gasteiger partial charge on any atom is -0.508 e. The molecule has 0 aliphatic carbocycles. The molecule has 408 valence electrons. The van der Waals surface area contributed by atoms with Crippen LogP contribution in [0.2, 0.25) is 0 Å². The van der Waals surface area contributed by atoms with Crippen LogP contribution in [-0.4, -0.2) is 131 Å². The summed E-state index contributed by atoms with van der Waals surface area (Å²) in [4.78, 5) is 11.5. The van der Waals surface area contributed by atoms with E-state index in [1.165, 1.54) is 0 Å². The zero-order valence-electron chi connectivity index (χ0n) is 43.8. The molecular formula is C60H81N9O7. The molecule has 1 amide bonds. The van der Waals surface area contributed by atoms with E-state index in [1.807, 2.05) is 72.8 Å². The van der Waals surface area contributed by atoms with E-state index in [0.29, 0.717) is 90.9 Å². The highest BCUT2D eigenvalue weighted by atomic mass is 16.3. The van der Waals surface area contributed by atoms with Crippen LogP contribution >= 0.6 is 0 Å². The van der Waals surface area contributed by atoms with Gasteiger partial charge in [0.25, 0.3) is 0 Å². The predicted molar refractivity (Wildman–Crippen MR) is 302 cm³/mol. The zero-order valence-corrected chi connectivity index (χ0v) is 43.8. The molecule has 6 aromatic carbocycles. The molecule has 0 aliphatic rings. The second kappa shape index (κ2) is 31.3. The Balaban J connectivity index is 1.12. The first-order chi connectivity index (χ1) is 36.7. The van der Waals surface area contributed by atoms with Gasteiger partial charge in [-0.15, -0.1) is 0 Å². The van der Waals surface area contributed by atoms with Gasteiger partial charge in [0.2, 0.25) is 5.91 Å². The smallest absolute Gasteiger partial charge is 0.218 e. The van der Waals surface area contributed by atoms with Gasteiger partial charge >= 0.3 is 0 Å². The number of nitrogens with one attached hydrogen (secondary N) is 7. The van der Waals surface area contributed by atoms with Crippen LogP contribution in [0, 0.1) is 0 Å². The quantitative estimate of drug-likeness (QED) is 0.0248. The third-order valence-electron chi connectivity index (χ3n) is 13.5. The van der Waals surface area contributed by atoms with Gasteiger partial charge in [0.15, 0.2) is 0 Å². The Morgan fingerprint density at radius 1 is 0.368 bits per heavy atom. The molecular weight excluding hydrogens is 959 g/mol. The highest BCUT2D eigenvalue weighted by Gasteiger charge is 2.21. The minimum atomic E-state index is -0.362. The van der Waals surface area contributed by atoms with Crippen molar-refractivity contribution >= 4 is 5.91 Å². The van der Waals surface area contributed by atoms with Crippen molar-refractivity contribution in [1.82, 2.24) is 37.2 Å². The first kappa shape index (κ1) is 58.5. The molecule has 16 heteroatoms. The van der Waals surface area contributed by atoms with E-state index in [4.69, 9.17) is 11.5 Å². The van der Waals surface area contributed by atoms with Gasteiger partial charge in [-0.3, -0.25) is 4.79 Å². The number of phenolic OH excluding ortho intramolecular Hbond substituents is 6. The van der Waals surface area contributed by atoms with Crippen molar-refractivity contribution in [3.63, 3.8) is 0 Å². The van der Waals surface area contributed by atoms with Crippen molar-refractivity contribution < 1.29 is 35.4 Å². The fraction of sp³-hybridized carbons (Fsp3) is 0.383. The molecule has 0 saturated heterocycles. The maximum atomic E-state index is 11.5. The summed E-state index contributed by atoms with van der Waals surface area (Å²) in [5, 5.41) is 86.3. The maximum Gasteiger partial charge on any atom is 0.218 e. The molecule has 0 radical (unpaired) electrons. The molecule has 0 heterocycles. The summed E-state index contributed by atoms with van der Waals surface area (Å²) < 4.78 is 0. The number of rotatable bonds is 35. The average Bonchev–Trinajstić information content (AvgIpc) is 3.40. The molecule has 0 spiro atoms. The SMILES string of the molecule is C[C@@H](CN[C@H](CN[C@H](CN[C@H](CNCCC(N)=O)Cc1ccc(O)cc1)Cc1ccc(O)cc1)Cc1ccc(O)cc1)NC[C@H](Cc1ccc(O)cc1)NC[C@H](Cc1ccc(O)cc1)NC[C@@H](N)Cc1ccc(O)cc1. The van der Waals surface area contributed by atoms with Crippen molar-refractivity contribution in [3.8, 4) is 34.5 Å². The van der Waals surface area contributed by atoms with E-state index in [9.17, 15) is 35.4 Å². The van der Waals surface area contributed by atoms with E-state index < -0.39 is 0 Å². The highest BCUT2D eigenvalue weighted by molar-refractivity contribution is 5.73. The van der Waals surface area contributed by atoms with Gasteiger partial charge in [0.1, 0.15) is 34.5 Å². The molecule has 0 aromatic heterocycles. The molecule has 0 unspecified atom stereocenters. The van der Waals surface area contributed by atoms with Crippen molar-refractivity contribution in [2.75, 3.05) is 52.4 Å². The summed E-state index contributed by atoms with van der Waals surface area (Å²) in [6.07, 6.45) is 4.38. The van der Waals surface area contributed by atoms with E-state index in [0.717, 1.165) is 33.4 Å². The van der Waals surface area contributed by atoms with Crippen LogP contribution in [0.3, 0.4) is 0 Å². The Hall–Kier alpha value is -6.73. The average molecular weight is 1040 g/mol. The summed E-state index contributed by atoms with van der Waals surface area (Å²) in [6, 6.07) is 43.5. The summed E-state index contributed by atoms with van der Waals surface area (Å²) in [6.45, 7) is 6.98. The summed E-state index contributed by atoms with van der Waals surface area (Å²) in [7, 11) is 0. The van der Waals surface area contributed by atoms with Crippen LogP contribution in [-0.2, 0) is 43.3 Å². The number of phenols is 6. The van der Waals surface area contributed by atoms with Crippen LogP contribution in [0.1, 0.15) is 46.7 Å². The van der Waals surface area contributed by atoms with Gasteiger partial charge in [-0.1, -0.05) is 72.8 Å². The molecule has 6 rings (SSSR count). The van der Waals surface area contributed by atoms with E-state index in [-0.39, 0.29) is 89.1 Å². The standard InChI is InChI=1S/C60H81N9O7/c1-41(64-37-50(30-44-6-18-56(72)19-7-44)68-39-52(32-46-10-22-58(74)23-11-46)66-35-48(61)28-42-2-14-54(70)15-3-42)34-65-51(31-45-8-20-57(73)21-9-45)38-69-53(33-47-12-24-59(75)25-13-47)40-67-49(36-63-27-26-60(62)76)29-43-4-16-55(71)17-5-43/h2-25,41,48-53,63-75H,26-40,61H2,1H3,(H2,62,76)/t41-,48-,49-,50-,51-,52-,53-/m0/s1. The molecule has 0 fully saturated rings. The van der Waals surface area contributed by atoms with Crippen LogP contribution in [0.15, 0.2) is 146 Å². The molecule has 7 atom stereocenters. The number of aromatic hydroxyl groups is 6. The van der Waals surface area contributed by atoms with Gasteiger partial charge in [-0.2, -0.15) is 0 Å². The van der Waals surface area contributed by atoms with Gasteiger partial charge in [0, 0.05) is 101 Å². The largest absolute Gasteiger partial charge is 0.508 e. The monoisotopic (exact) mass is 1040 g/mol. The predicted octanol–water partition coefficient (Wildman–Crippen LogP) is 4.24. The van der Waals surface area contributed by atoms with Crippen LogP contribution < -0.4 is 48.7 Å². The highest BCUT2D eigenvalue weighted by Crippen LogP contribution is 2.17. The molecule has 0 saturated carbocycles. The third kappa shape index (κ3) is 22.6. The van der Waals surface area contributed by atoms with Crippen LogP contribution in [0.25, 0.3) is 0 Å². The number of nitrogens with two attached hydrogens (primary N) is 2. The number of amides is 1. The Morgan fingerprint density at radius 3 is 0.921 bits per heavy atom. The van der Waals surface area contributed by atoms with Crippen molar-refractivity contribution in [1.29, 1.82) is 0 Å². The van der Waals surface area contributed by atoms with Crippen molar-refractivity contribution in [2.45, 2.75) is 94.2 Å². The fourth-order valence-corrected chi connectivity index (χ4v) is 9.16. The maximum absolute atomic E-state index is 11.5. The number of primary amides is 1. The number of carbonyl (C=O) groups excluding carboxylic acids is 1. The number of benzene rings is 6. The summed E-state index contributed by atoms with van der Waals surface area (Å²) in [5.74, 6) is 0.911. The van der Waals surface area contributed by atoms with Crippen molar-refractivity contribution in [3.05, 3.63) is 179 Å². The van der Waals surface area contributed by atoms with Crippen LogP contribution in [0.5, 0.6) is 34.5 Å². The Kier molecular flexibility index (Phi) is 24.1. The minimum absolute atomic E-state index is 0.00238. The molecule has 0 aliphatic heterocycles. The lowest BCUT2D eigenvalue weighted by molar-refractivity contribution is -0.117. The summed E-state index contributed by atoms with van der Waals surface area (Å²) in [5.41, 5.74) is 18.5. The number of hydrogen-bond acceptors (Lipinski definition) is 15. The molecule has 16 nitrogen and oxygen atoms in total. The zero-order chi connectivity index (χ0) is 54.1. The van der Waals surface area contributed by atoms with E-state index >= 15 is 0 Å². The Labute approximate surface area is 448 Å². The molecule has 76 heavy (non-hydrogen) atoms. The van der Waals surface area contributed by atoms with Gasteiger partial charge in [-0.25, -0.2) is 0 Å². The van der Waals surface area contributed by atoms with Crippen molar-refractivity contribution in [2.24, 2.45) is 11.5 Å². The second-order valence-corrected chi connectivity index (χ2v) is 20.2. The Morgan fingerprint density at radius 2 is 0.618 bits per heavy atom. The lowest BCUT2D eigenvalue weighted by atomic mass is 10.0. The first-order valence-corrected chi connectivity index (χ1v) is 26.5. The lowest BCUT2D eigenvalue weighted by Gasteiger charge is -2.29. The normalized spacial score (nSPS) is 14.3. The van der Waals surface area contributed by atoms with Crippen LogP contribution in [0.4, 0.5) is 0 Å². The lowest BCUT2D eigenvalue weighted by Crippen LogP contribution is -2.53. The van der Waals surface area contributed by atoms with Gasteiger partial charge in [-0.05, 0) is 152 Å². The molecule has 6 aromatic rings. The fourth-order valence-electron chi connectivity index (χ4n) is 9.16. The van der Waals surface area contributed by atoms with E-state index in [2.05, 4.69) is 44.1 Å². The first-order valence-electron chi connectivity index (χ1n) is 26.5. The Bertz CT molecular complexity index is 2560. The molecule has 0 bridgehead atoms. The number of carbonyl (C=O) groups is 1. The number of hydrogen-bond donors (Lipinski definition) is 15. The molecule has 17 N–H and O–H groups in total. The third-order valence-corrected chi connectivity index (χ3v) is 13.5. The second-order valence-electron chi connectivity index (χ2n) is 20.2.